The number of hydrogen-bond donors (Lipinski definition) is 1. The highest BCUT2D eigenvalue weighted by atomic mass is 16.4. The first kappa shape index (κ1) is 11.4. The van der Waals surface area contributed by atoms with Crippen LogP contribution < -0.4 is 0 Å². The lowest BCUT2D eigenvalue weighted by atomic mass is 10.2. The first-order chi connectivity index (χ1) is 9.16. The fraction of sp³-hybridized carbons (Fsp3) is 0.0714. The molecule has 2 heterocycles. The van der Waals surface area contributed by atoms with Gasteiger partial charge in [0.1, 0.15) is 12.1 Å². The van der Waals surface area contributed by atoms with Crippen LogP contribution >= 0.6 is 0 Å². The molecule has 0 bridgehead atoms. The minimum atomic E-state index is -0.974. The lowest BCUT2D eigenvalue weighted by Crippen LogP contribution is -2.03. The summed E-state index contributed by atoms with van der Waals surface area (Å²) >= 11 is 0. The first-order valence-corrected chi connectivity index (χ1v) is 5.79. The molecule has 0 fully saturated rings. The number of carboxylic acids is 1. The summed E-state index contributed by atoms with van der Waals surface area (Å²) in [5.74, 6) is -0.281. The topological polar surface area (TPSA) is 68.0 Å². The van der Waals surface area contributed by atoms with Crippen LogP contribution in [0.15, 0.2) is 42.9 Å². The summed E-state index contributed by atoms with van der Waals surface area (Å²) in [6.07, 6.45) is 3.06. The van der Waals surface area contributed by atoms with Crippen LogP contribution in [0, 0.1) is 6.92 Å². The maximum Gasteiger partial charge on any atom is 0.337 e. The van der Waals surface area contributed by atoms with Crippen molar-refractivity contribution < 1.29 is 9.90 Å². The number of para-hydroxylation sites is 2. The van der Waals surface area contributed by atoms with E-state index >= 15 is 0 Å². The Bertz CT molecular complexity index is 777. The molecule has 0 aliphatic carbocycles. The zero-order valence-electron chi connectivity index (χ0n) is 10.2. The molecular formula is C14H11N3O2. The molecule has 0 aliphatic rings. The quantitative estimate of drug-likeness (QED) is 0.761. The van der Waals surface area contributed by atoms with Gasteiger partial charge in [-0.05, 0) is 30.7 Å². The monoisotopic (exact) mass is 253 g/mol. The van der Waals surface area contributed by atoms with E-state index in [1.807, 2.05) is 35.8 Å². The SMILES string of the molecule is Cc1cc(C(=O)O)cnc1-n1cnc2ccccc21. The van der Waals surface area contributed by atoms with E-state index in [9.17, 15) is 4.79 Å². The van der Waals surface area contributed by atoms with Crippen LogP contribution in [-0.4, -0.2) is 25.6 Å². The van der Waals surface area contributed by atoms with Gasteiger partial charge in [-0.15, -0.1) is 0 Å². The van der Waals surface area contributed by atoms with Gasteiger partial charge in [0, 0.05) is 6.20 Å². The predicted molar refractivity (Wildman–Crippen MR) is 70.6 cm³/mol. The van der Waals surface area contributed by atoms with Crippen LogP contribution in [0.5, 0.6) is 0 Å². The van der Waals surface area contributed by atoms with Crippen LogP contribution in [-0.2, 0) is 0 Å². The number of carbonyl (C=O) groups is 1. The number of aromatic nitrogens is 3. The van der Waals surface area contributed by atoms with Gasteiger partial charge in [0.05, 0.1) is 16.6 Å². The Morgan fingerprint density at radius 1 is 1.26 bits per heavy atom. The Morgan fingerprint density at radius 3 is 2.79 bits per heavy atom. The van der Waals surface area contributed by atoms with Gasteiger partial charge >= 0.3 is 5.97 Å². The second-order valence-electron chi connectivity index (χ2n) is 4.27. The molecule has 1 aromatic carbocycles. The number of carboxylic acid groups (broad SMARTS) is 1. The number of fused-ring (bicyclic) bond motifs is 1. The van der Waals surface area contributed by atoms with Crippen molar-refractivity contribution in [1.29, 1.82) is 0 Å². The standard InChI is InChI=1S/C14H11N3O2/c1-9-6-10(14(18)19)7-15-13(9)17-8-16-11-4-2-3-5-12(11)17/h2-8H,1H3,(H,18,19). The lowest BCUT2D eigenvalue weighted by molar-refractivity contribution is 0.0696. The first-order valence-electron chi connectivity index (χ1n) is 5.79. The largest absolute Gasteiger partial charge is 0.478 e. The van der Waals surface area contributed by atoms with Crippen LogP contribution in [0.25, 0.3) is 16.9 Å². The highest BCUT2D eigenvalue weighted by molar-refractivity contribution is 5.87. The van der Waals surface area contributed by atoms with Gasteiger partial charge in [-0.1, -0.05) is 12.1 Å². The molecule has 0 saturated heterocycles. The van der Waals surface area contributed by atoms with Gasteiger partial charge in [-0.2, -0.15) is 0 Å². The van der Waals surface area contributed by atoms with Gasteiger partial charge < -0.3 is 5.11 Å². The molecule has 2 aromatic heterocycles. The van der Waals surface area contributed by atoms with E-state index in [0.717, 1.165) is 16.6 Å². The molecule has 94 valence electrons. The molecule has 3 rings (SSSR count). The van der Waals surface area contributed by atoms with Crippen LogP contribution in [0.1, 0.15) is 15.9 Å². The Labute approximate surface area is 109 Å². The number of aryl methyl sites for hydroxylation is 1. The normalized spacial score (nSPS) is 10.8. The fourth-order valence-corrected chi connectivity index (χ4v) is 2.06. The van der Waals surface area contributed by atoms with E-state index in [-0.39, 0.29) is 5.56 Å². The van der Waals surface area contributed by atoms with E-state index < -0.39 is 5.97 Å². The zero-order valence-corrected chi connectivity index (χ0v) is 10.2. The zero-order chi connectivity index (χ0) is 13.4. The third-order valence-corrected chi connectivity index (χ3v) is 2.98. The fourth-order valence-electron chi connectivity index (χ4n) is 2.06. The van der Waals surface area contributed by atoms with Crippen LogP contribution in [0.4, 0.5) is 0 Å². The van der Waals surface area contributed by atoms with Gasteiger partial charge in [0.2, 0.25) is 0 Å². The predicted octanol–water partition coefficient (Wildman–Crippen LogP) is 2.43. The van der Waals surface area contributed by atoms with Crippen molar-refractivity contribution in [2.45, 2.75) is 6.92 Å². The van der Waals surface area contributed by atoms with E-state index in [4.69, 9.17) is 5.11 Å². The van der Waals surface area contributed by atoms with Gasteiger partial charge in [0.15, 0.2) is 0 Å². The smallest absolute Gasteiger partial charge is 0.337 e. The molecule has 5 heteroatoms. The van der Waals surface area contributed by atoms with Gasteiger partial charge in [-0.3, -0.25) is 4.57 Å². The summed E-state index contributed by atoms with van der Waals surface area (Å²) in [6, 6.07) is 9.34. The highest BCUT2D eigenvalue weighted by Gasteiger charge is 2.10. The van der Waals surface area contributed by atoms with Crippen LogP contribution in [0.3, 0.4) is 0 Å². The number of pyridine rings is 1. The molecule has 19 heavy (non-hydrogen) atoms. The van der Waals surface area contributed by atoms with Crippen LogP contribution in [0.2, 0.25) is 0 Å². The van der Waals surface area contributed by atoms with E-state index in [1.54, 1.807) is 12.4 Å². The Morgan fingerprint density at radius 2 is 2.05 bits per heavy atom. The van der Waals surface area contributed by atoms with Crippen molar-refractivity contribution >= 4 is 17.0 Å². The van der Waals surface area contributed by atoms with Gasteiger partial charge in [-0.25, -0.2) is 14.8 Å². The summed E-state index contributed by atoms with van der Waals surface area (Å²) in [4.78, 5) is 19.4. The molecule has 0 spiro atoms. The summed E-state index contributed by atoms with van der Waals surface area (Å²) in [5, 5.41) is 8.94. The second-order valence-corrected chi connectivity index (χ2v) is 4.27. The molecule has 1 N–H and O–H groups in total. The molecule has 0 unspecified atom stereocenters. The second kappa shape index (κ2) is 4.20. The Balaban J connectivity index is 2.19. The molecular weight excluding hydrogens is 242 g/mol. The Hall–Kier alpha value is -2.69. The number of hydrogen-bond acceptors (Lipinski definition) is 3. The van der Waals surface area contributed by atoms with Crippen molar-refractivity contribution in [3.05, 3.63) is 54.0 Å². The summed E-state index contributed by atoms with van der Waals surface area (Å²) in [7, 11) is 0. The third kappa shape index (κ3) is 1.85. The third-order valence-electron chi connectivity index (χ3n) is 2.98. The maximum absolute atomic E-state index is 10.9. The molecule has 0 saturated carbocycles. The summed E-state index contributed by atoms with van der Waals surface area (Å²) in [5.41, 5.74) is 2.81. The maximum atomic E-state index is 10.9. The van der Waals surface area contributed by atoms with Crippen molar-refractivity contribution in [3.8, 4) is 5.82 Å². The number of aromatic carboxylic acids is 1. The number of rotatable bonds is 2. The molecule has 0 aliphatic heterocycles. The van der Waals surface area contributed by atoms with Crippen molar-refractivity contribution in [1.82, 2.24) is 14.5 Å². The minimum Gasteiger partial charge on any atom is -0.478 e. The number of benzene rings is 1. The molecule has 0 atom stereocenters. The molecule has 5 nitrogen and oxygen atoms in total. The average molecular weight is 253 g/mol. The lowest BCUT2D eigenvalue weighted by Gasteiger charge is -2.07. The molecule has 0 radical (unpaired) electrons. The highest BCUT2D eigenvalue weighted by Crippen LogP contribution is 2.19. The van der Waals surface area contributed by atoms with E-state index in [1.165, 1.54) is 6.20 Å². The van der Waals surface area contributed by atoms with Crippen molar-refractivity contribution in [3.63, 3.8) is 0 Å². The Kier molecular flexibility index (Phi) is 2.52. The number of imidazole rings is 1. The van der Waals surface area contributed by atoms with E-state index in [2.05, 4.69) is 9.97 Å². The van der Waals surface area contributed by atoms with E-state index in [0.29, 0.717) is 5.82 Å². The molecule has 0 amide bonds. The average Bonchev–Trinajstić information content (AvgIpc) is 2.82. The molecule has 3 aromatic rings. The van der Waals surface area contributed by atoms with Crippen molar-refractivity contribution in [2.24, 2.45) is 0 Å². The summed E-state index contributed by atoms with van der Waals surface area (Å²) in [6.45, 7) is 1.84. The summed E-state index contributed by atoms with van der Waals surface area (Å²) < 4.78 is 1.86. The van der Waals surface area contributed by atoms with Crippen molar-refractivity contribution in [2.75, 3.05) is 0 Å². The van der Waals surface area contributed by atoms with Gasteiger partial charge in [0.25, 0.3) is 0 Å². The minimum absolute atomic E-state index is 0.186. The number of nitrogens with zero attached hydrogens (tertiary/aromatic N) is 3.